The number of hydrogen-bond donors (Lipinski definition) is 0. The Morgan fingerprint density at radius 1 is 1.08 bits per heavy atom. The van der Waals surface area contributed by atoms with Gasteiger partial charge in [0.2, 0.25) is 5.91 Å². The first-order chi connectivity index (χ1) is 12.5. The lowest BCUT2D eigenvalue weighted by atomic mass is 10.2. The van der Waals surface area contributed by atoms with E-state index in [1.165, 1.54) is 21.1 Å². The zero-order valence-corrected chi connectivity index (χ0v) is 15.7. The molecule has 0 radical (unpaired) electrons. The third-order valence-electron chi connectivity index (χ3n) is 3.94. The summed E-state index contributed by atoms with van der Waals surface area (Å²) in [7, 11) is 4.97. The molecule has 3 aromatic rings. The van der Waals surface area contributed by atoms with E-state index >= 15 is 0 Å². The molecule has 0 aliphatic rings. The van der Waals surface area contributed by atoms with Crippen molar-refractivity contribution >= 4 is 23.2 Å². The fourth-order valence-corrected chi connectivity index (χ4v) is 3.18. The summed E-state index contributed by atoms with van der Waals surface area (Å²) in [6.07, 6.45) is 1.73. The first-order valence-corrected chi connectivity index (χ1v) is 9.00. The van der Waals surface area contributed by atoms with E-state index in [1.807, 2.05) is 47.8 Å². The summed E-state index contributed by atoms with van der Waals surface area (Å²) < 4.78 is 1.70. The van der Waals surface area contributed by atoms with Crippen molar-refractivity contribution in [2.75, 3.05) is 27.7 Å². The van der Waals surface area contributed by atoms with E-state index in [-0.39, 0.29) is 18.4 Å². The maximum Gasteiger partial charge on any atom is 0.257 e. The Morgan fingerprint density at radius 2 is 1.81 bits per heavy atom. The lowest BCUT2D eigenvalue weighted by Gasteiger charge is -2.19. The van der Waals surface area contributed by atoms with Crippen LogP contribution in [0.3, 0.4) is 0 Å². The van der Waals surface area contributed by atoms with Crippen molar-refractivity contribution in [2.45, 2.75) is 0 Å². The molecule has 134 valence electrons. The molecule has 0 fully saturated rings. The molecule has 2 amide bonds. The van der Waals surface area contributed by atoms with Crippen molar-refractivity contribution in [3.8, 4) is 16.3 Å². The van der Waals surface area contributed by atoms with Gasteiger partial charge in [0.15, 0.2) is 0 Å². The largest absolute Gasteiger partial charge is 0.347 e. The number of thiophene rings is 1. The monoisotopic (exact) mass is 368 g/mol. The Hall–Kier alpha value is -2.93. The van der Waals surface area contributed by atoms with E-state index in [0.29, 0.717) is 11.3 Å². The second-order valence-corrected chi connectivity index (χ2v) is 7.05. The minimum atomic E-state index is -0.231. The highest BCUT2D eigenvalue weighted by Gasteiger charge is 2.23. The van der Waals surface area contributed by atoms with Gasteiger partial charge >= 0.3 is 0 Å². The molecule has 0 bridgehead atoms. The Morgan fingerprint density at radius 3 is 2.42 bits per heavy atom. The minimum Gasteiger partial charge on any atom is -0.347 e. The van der Waals surface area contributed by atoms with Gasteiger partial charge in [-0.1, -0.05) is 24.3 Å². The first kappa shape index (κ1) is 17.9. The highest BCUT2D eigenvalue weighted by Crippen LogP contribution is 2.28. The number of carbonyl (C=O) groups is 2. The molecule has 0 aliphatic carbocycles. The lowest BCUT2D eigenvalue weighted by molar-refractivity contribution is -0.129. The van der Waals surface area contributed by atoms with Crippen LogP contribution in [0.4, 0.5) is 0 Å². The molecular weight excluding hydrogens is 348 g/mol. The first-order valence-electron chi connectivity index (χ1n) is 8.12. The number of hydrogen-bond acceptors (Lipinski definition) is 4. The average Bonchev–Trinajstić information content (AvgIpc) is 3.31. The topological polar surface area (TPSA) is 58.4 Å². The summed E-state index contributed by atoms with van der Waals surface area (Å²) in [5.41, 5.74) is 1.97. The van der Waals surface area contributed by atoms with Crippen LogP contribution in [0.25, 0.3) is 16.3 Å². The fraction of sp³-hybridized carbons (Fsp3) is 0.211. The number of nitrogens with zero attached hydrogens (tertiary/aromatic N) is 4. The van der Waals surface area contributed by atoms with Crippen molar-refractivity contribution in [3.63, 3.8) is 0 Å². The van der Waals surface area contributed by atoms with Crippen LogP contribution in [-0.4, -0.2) is 59.1 Å². The second-order valence-electron chi connectivity index (χ2n) is 6.10. The molecule has 26 heavy (non-hydrogen) atoms. The van der Waals surface area contributed by atoms with Gasteiger partial charge < -0.3 is 9.80 Å². The van der Waals surface area contributed by atoms with Crippen LogP contribution in [-0.2, 0) is 4.79 Å². The van der Waals surface area contributed by atoms with Gasteiger partial charge in [0, 0.05) is 27.3 Å². The summed E-state index contributed by atoms with van der Waals surface area (Å²) in [5.74, 6) is -0.361. The van der Waals surface area contributed by atoms with Gasteiger partial charge in [0.1, 0.15) is 5.69 Å². The number of carbonyl (C=O) groups excluding carboxylic acids is 2. The van der Waals surface area contributed by atoms with E-state index in [1.54, 1.807) is 32.0 Å². The van der Waals surface area contributed by atoms with Crippen LogP contribution in [0.15, 0.2) is 54.0 Å². The molecule has 0 spiro atoms. The van der Waals surface area contributed by atoms with Gasteiger partial charge in [-0.05, 0) is 23.6 Å². The zero-order valence-electron chi connectivity index (χ0n) is 14.9. The quantitative estimate of drug-likeness (QED) is 0.696. The van der Waals surface area contributed by atoms with Gasteiger partial charge in [-0.25, -0.2) is 4.68 Å². The van der Waals surface area contributed by atoms with Crippen molar-refractivity contribution in [2.24, 2.45) is 0 Å². The SMILES string of the molecule is CN(C)C(=O)CN(C)C(=O)c1cn(-c2ccccc2)nc1-c1cccs1. The molecule has 2 heterocycles. The summed E-state index contributed by atoms with van der Waals surface area (Å²) in [6.45, 7) is 0.0201. The van der Waals surface area contributed by atoms with Gasteiger partial charge in [0.25, 0.3) is 5.91 Å². The molecule has 1 aromatic carbocycles. The molecule has 2 aromatic heterocycles. The van der Waals surface area contributed by atoms with Gasteiger partial charge in [-0.2, -0.15) is 5.10 Å². The number of amides is 2. The van der Waals surface area contributed by atoms with E-state index in [2.05, 4.69) is 5.10 Å². The van der Waals surface area contributed by atoms with Crippen molar-refractivity contribution in [3.05, 3.63) is 59.6 Å². The summed E-state index contributed by atoms with van der Waals surface area (Å²) in [4.78, 5) is 28.7. The predicted molar refractivity (Wildman–Crippen MR) is 103 cm³/mol. The Kier molecular flexibility index (Phi) is 5.18. The molecule has 0 unspecified atom stereocenters. The third kappa shape index (κ3) is 3.67. The second kappa shape index (κ2) is 7.53. The Bertz CT molecular complexity index is 901. The number of benzene rings is 1. The molecule has 3 rings (SSSR count). The van der Waals surface area contributed by atoms with E-state index < -0.39 is 0 Å². The molecule has 6 nitrogen and oxygen atoms in total. The van der Waals surface area contributed by atoms with Gasteiger partial charge in [0.05, 0.1) is 22.7 Å². The predicted octanol–water partition coefficient (Wildman–Crippen LogP) is 2.76. The van der Waals surface area contributed by atoms with Gasteiger partial charge in [-0.3, -0.25) is 9.59 Å². The maximum atomic E-state index is 13.0. The molecule has 0 N–H and O–H groups in total. The smallest absolute Gasteiger partial charge is 0.257 e. The highest BCUT2D eigenvalue weighted by molar-refractivity contribution is 7.13. The molecule has 0 aliphatic heterocycles. The van der Waals surface area contributed by atoms with Crippen molar-refractivity contribution in [1.82, 2.24) is 19.6 Å². The van der Waals surface area contributed by atoms with Gasteiger partial charge in [-0.15, -0.1) is 11.3 Å². The van der Waals surface area contributed by atoms with Crippen LogP contribution in [0.1, 0.15) is 10.4 Å². The number of aromatic nitrogens is 2. The Labute approximate surface area is 156 Å². The van der Waals surface area contributed by atoms with Crippen LogP contribution in [0, 0.1) is 0 Å². The van der Waals surface area contributed by atoms with Crippen molar-refractivity contribution < 1.29 is 9.59 Å². The van der Waals surface area contributed by atoms with E-state index in [0.717, 1.165) is 10.6 Å². The minimum absolute atomic E-state index is 0.0201. The van der Waals surface area contributed by atoms with Crippen molar-refractivity contribution in [1.29, 1.82) is 0 Å². The highest BCUT2D eigenvalue weighted by atomic mass is 32.1. The molecule has 7 heteroatoms. The molecular formula is C19H20N4O2S. The molecule has 0 saturated carbocycles. The van der Waals surface area contributed by atoms with E-state index in [9.17, 15) is 9.59 Å². The average molecular weight is 368 g/mol. The summed E-state index contributed by atoms with van der Waals surface area (Å²) in [5, 5.41) is 6.57. The van der Waals surface area contributed by atoms with Crippen LogP contribution in [0.2, 0.25) is 0 Å². The molecule has 0 atom stereocenters. The number of likely N-dealkylation sites (N-methyl/N-ethyl adjacent to an activating group) is 2. The van der Waals surface area contributed by atoms with Crippen LogP contribution >= 0.6 is 11.3 Å². The third-order valence-corrected chi connectivity index (χ3v) is 4.81. The van der Waals surface area contributed by atoms with E-state index in [4.69, 9.17) is 0 Å². The lowest BCUT2D eigenvalue weighted by Crippen LogP contribution is -2.37. The summed E-state index contributed by atoms with van der Waals surface area (Å²) in [6, 6.07) is 13.5. The zero-order chi connectivity index (χ0) is 18.7. The summed E-state index contributed by atoms with van der Waals surface area (Å²) >= 11 is 1.52. The van der Waals surface area contributed by atoms with Crippen LogP contribution in [0.5, 0.6) is 0 Å². The number of rotatable bonds is 5. The number of para-hydroxylation sites is 1. The van der Waals surface area contributed by atoms with Crippen LogP contribution < -0.4 is 0 Å². The maximum absolute atomic E-state index is 13.0. The molecule has 0 saturated heterocycles. The normalized spacial score (nSPS) is 10.6. The Balaban J connectivity index is 1.98. The standard InChI is InChI=1S/C19H20N4O2S/c1-21(2)17(24)13-22(3)19(25)15-12-23(14-8-5-4-6-9-14)20-18(15)16-10-7-11-26-16/h4-12H,13H2,1-3H3. The fourth-order valence-electron chi connectivity index (χ4n) is 2.46.